The van der Waals surface area contributed by atoms with E-state index in [1.165, 1.54) is 0 Å². The molecule has 0 aromatic carbocycles. The molecule has 0 atom stereocenters. The maximum Gasteiger partial charge on any atom is 0.0950 e. The Morgan fingerprint density at radius 2 is 2.17 bits per heavy atom. The van der Waals surface area contributed by atoms with E-state index in [0.29, 0.717) is 6.04 Å². The molecule has 1 aromatic heterocycles. The van der Waals surface area contributed by atoms with Crippen LogP contribution in [0.25, 0.3) is 0 Å². The van der Waals surface area contributed by atoms with Crippen molar-refractivity contribution in [1.82, 2.24) is 14.9 Å². The SMILES string of the molecule is COCCCOCCn1cnc(CNC(C)C)c1. The fourth-order valence-electron chi connectivity index (χ4n) is 1.51. The summed E-state index contributed by atoms with van der Waals surface area (Å²) >= 11 is 0. The fraction of sp³-hybridized carbons (Fsp3) is 0.769. The minimum atomic E-state index is 0.485. The zero-order valence-corrected chi connectivity index (χ0v) is 11.7. The van der Waals surface area contributed by atoms with E-state index in [0.717, 1.165) is 45.0 Å². The number of methoxy groups -OCH3 is 1. The number of nitrogens with one attached hydrogen (secondary N) is 1. The van der Waals surface area contributed by atoms with Gasteiger partial charge in [-0.15, -0.1) is 0 Å². The molecule has 1 heterocycles. The van der Waals surface area contributed by atoms with Gasteiger partial charge in [-0.2, -0.15) is 0 Å². The summed E-state index contributed by atoms with van der Waals surface area (Å²) in [6.45, 7) is 8.16. The second-order valence-electron chi connectivity index (χ2n) is 4.60. The Labute approximate surface area is 109 Å². The third kappa shape index (κ3) is 6.74. The van der Waals surface area contributed by atoms with Crippen LogP contribution in [0, 0.1) is 0 Å². The highest BCUT2D eigenvalue weighted by atomic mass is 16.5. The first-order chi connectivity index (χ1) is 8.72. The van der Waals surface area contributed by atoms with Crippen LogP contribution in [-0.2, 0) is 22.6 Å². The van der Waals surface area contributed by atoms with Crippen molar-refractivity contribution in [2.75, 3.05) is 26.9 Å². The molecule has 0 spiro atoms. The average molecular weight is 255 g/mol. The smallest absolute Gasteiger partial charge is 0.0950 e. The van der Waals surface area contributed by atoms with Gasteiger partial charge >= 0.3 is 0 Å². The predicted octanol–water partition coefficient (Wildman–Crippen LogP) is 1.43. The minimum absolute atomic E-state index is 0.485. The summed E-state index contributed by atoms with van der Waals surface area (Å²) in [4.78, 5) is 4.34. The van der Waals surface area contributed by atoms with Gasteiger partial charge in [-0.1, -0.05) is 13.8 Å². The number of hydrogen-bond acceptors (Lipinski definition) is 4. The van der Waals surface area contributed by atoms with Crippen molar-refractivity contribution in [3.05, 3.63) is 18.2 Å². The van der Waals surface area contributed by atoms with Crippen LogP contribution >= 0.6 is 0 Å². The van der Waals surface area contributed by atoms with E-state index < -0.39 is 0 Å². The molecule has 0 aliphatic heterocycles. The maximum absolute atomic E-state index is 5.50. The number of nitrogens with zero attached hydrogens (tertiary/aromatic N) is 2. The highest BCUT2D eigenvalue weighted by Gasteiger charge is 1.99. The van der Waals surface area contributed by atoms with Gasteiger partial charge in [0.1, 0.15) is 0 Å². The maximum atomic E-state index is 5.50. The Hall–Kier alpha value is -0.910. The van der Waals surface area contributed by atoms with Gasteiger partial charge in [0.15, 0.2) is 0 Å². The molecule has 1 N–H and O–H groups in total. The highest BCUT2D eigenvalue weighted by Crippen LogP contribution is 1.97. The summed E-state index contributed by atoms with van der Waals surface area (Å²) in [5.41, 5.74) is 1.07. The zero-order valence-electron chi connectivity index (χ0n) is 11.7. The molecular weight excluding hydrogens is 230 g/mol. The van der Waals surface area contributed by atoms with Crippen LogP contribution in [0.1, 0.15) is 26.0 Å². The summed E-state index contributed by atoms with van der Waals surface area (Å²) < 4.78 is 12.5. The predicted molar refractivity (Wildman–Crippen MR) is 71.5 cm³/mol. The van der Waals surface area contributed by atoms with Crippen molar-refractivity contribution >= 4 is 0 Å². The molecule has 0 saturated carbocycles. The summed E-state index contributed by atoms with van der Waals surface area (Å²) in [7, 11) is 1.71. The fourth-order valence-corrected chi connectivity index (χ4v) is 1.51. The molecule has 18 heavy (non-hydrogen) atoms. The van der Waals surface area contributed by atoms with Crippen LogP contribution in [-0.4, -0.2) is 42.5 Å². The van der Waals surface area contributed by atoms with Crippen LogP contribution in [0.3, 0.4) is 0 Å². The van der Waals surface area contributed by atoms with Gasteiger partial charge in [0.25, 0.3) is 0 Å². The molecule has 104 valence electrons. The van der Waals surface area contributed by atoms with Crippen molar-refractivity contribution in [2.45, 2.75) is 39.4 Å². The lowest BCUT2D eigenvalue weighted by Crippen LogP contribution is -2.21. The molecule has 0 bridgehead atoms. The number of hydrogen-bond donors (Lipinski definition) is 1. The van der Waals surface area contributed by atoms with Crippen LogP contribution in [0.15, 0.2) is 12.5 Å². The number of aromatic nitrogens is 2. The lowest BCUT2D eigenvalue weighted by molar-refractivity contribution is 0.0976. The van der Waals surface area contributed by atoms with Crippen LogP contribution < -0.4 is 5.32 Å². The second-order valence-corrected chi connectivity index (χ2v) is 4.60. The lowest BCUT2D eigenvalue weighted by Gasteiger charge is -2.05. The Kier molecular flexibility index (Phi) is 7.64. The van der Waals surface area contributed by atoms with E-state index in [4.69, 9.17) is 9.47 Å². The summed E-state index contributed by atoms with van der Waals surface area (Å²) in [5, 5.41) is 3.34. The third-order valence-electron chi connectivity index (χ3n) is 2.51. The first kappa shape index (κ1) is 15.1. The Morgan fingerprint density at radius 3 is 2.89 bits per heavy atom. The molecule has 5 nitrogen and oxygen atoms in total. The first-order valence-corrected chi connectivity index (χ1v) is 6.53. The molecule has 0 aliphatic carbocycles. The van der Waals surface area contributed by atoms with Gasteiger partial charge in [-0.25, -0.2) is 4.98 Å². The van der Waals surface area contributed by atoms with E-state index >= 15 is 0 Å². The standard InChI is InChI=1S/C13H25N3O2/c1-12(2)14-9-13-10-16(11-15-13)5-8-18-7-4-6-17-3/h10-12,14H,4-9H2,1-3H3. The molecule has 5 heteroatoms. The zero-order chi connectivity index (χ0) is 13.2. The van der Waals surface area contributed by atoms with Crippen LogP contribution in [0.2, 0.25) is 0 Å². The normalized spacial score (nSPS) is 11.3. The van der Waals surface area contributed by atoms with Gasteiger partial charge in [0.05, 0.1) is 18.6 Å². The largest absolute Gasteiger partial charge is 0.385 e. The van der Waals surface area contributed by atoms with E-state index in [1.807, 2.05) is 6.33 Å². The van der Waals surface area contributed by atoms with Crippen molar-refractivity contribution in [3.8, 4) is 0 Å². The Morgan fingerprint density at radius 1 is 1.33 bits per heavy atom. The average Bonchev–Trinajstić information content (AvgIpc) is 2.79. The van der Waals surface area contributed by atoms with Crippen molar-refractivity contribution in [1.29, 1.82) is 0 Å². The molecule has 0 radical (unpaired) electrons. The molecule has 1 aromatic rings. The van der Waals surface area contributed by atoms with Crippen molar-refractivity contribution < 1.29 is 9.47 Å². The van der Waals surface area contributed by atoms with Crippen molar-refractivity contribution in [3.63, 3.8) is 0 Å². The number of imidazole rings is 1. The molecule has 0 fully saturated rings. The van der Waals surface area contributed by atoms with Crippen LogP contribution in [0.5, 0.6) is 0 Å². The van der Waals surface area contributed by atoms with E-state index in [2.05, 4.69) is 34.9 Å². The van der Waals surface area contributed by atoms with Crippen molar-refractivity contribution in [2.24, 2.45) is 0 Å². The Bertz CT molecular complexity index is 313. The van der Waals surface area contributed by atoms with Crippen LogP contribution in [0.4, 0.5) is 0 Å². The van der Waals surface area contributed by atoms with E-state index in [-0.39, 0.29) is 0 Å². The molecule has 0 unspecified atom stereocenters. The van der Waals surface area contributed by atoms with Gasteiger partial charge < -0.3 is 19.4 Å². The van der Waals surface area contributed by atoms with Gasteiger partial charge in [0.2, 0.25) is 0 Å². The molecular formula is C13H25N3O2. The lowest BCUT2D eigenvalue weighted by atomic mass is 10.3. The summed E-state index contributed by atoms with van der Waals surface area (Å²) in [6.07, 6.45) is 4.87. The third-order valence-corrected chi connectivity index (χ3v) is 2.51. The molecule has 0 aliphatic rings. The summed E-state index contributed by atoms with van der Waals surface area (Å²) in [6, 6.07) is 0.485. The number of rotatable bonds is 10. The second kappa shape index (κ2) is 9.08. The Balaban J connectivity index is 2.11. The topological polar surface area (TPSA) is 48.3 Å². The van der Waals surface area contributed by atoms with E-state index in [1.54, 1.807) is 7.11 Å². The molecule has 1 rings (SSSR count). The van der Waals surface area contributed by atoms with Gasteiger partial charge in [-0.3, -0.25) is 0 Å². The number of ether oxygens (including phenoxy) is 2. The molecule has 0 amide bonds. The minimum Gasteiger partial charge on any atom is -0.385 e. The summed E-state index contributed by atoms with van der Waals surface area (Å²) in [5.74, 6) is 0. The highest BCUT2D eigenvalue weighted by molar-refractivity contribution is 4.96. The monoisotopic (exact) mass is 255 g/mol. The van der Waals surface area contributed by atoms with E-state index in [9.17, 15) is 0 Å². The first-order valence-electron chi connectivity index (χ1n) is 6.53. The molecule has 0 saturated heterocycles. The van der Waals surface area contributed by atoms with Gasteiger partial charge in [-0.05, 0) is 6.42 Å². The van der Waals surface area contributed by atoms with Gasteiger partial charge in [0, 0.05) is 45.7 Å². The quantitative estimate of drug-likeness (QED) is 0.643.